The molecule has 0 unspecified atom stereocenters. The lowest BCUT2D eigenvalue weighted by Gasteiger charge is -2.29. The highest BCUT2D eigenvalue weighted by Crippen LogP contribution is 2.57. The monoisotopic (exact) mass is 534 g/mol. The predicted molar refractivity (Wildman–Crippen MR) is 136 cm³/mol. The molecule has 2 heterocycles. The van der Waals surface area contributed by atoms with Crippen LogP contribution in [0, 0.1) is 6.92 Å². The second-order valence-corrected chi connectivity index (χ2v) is 9.70. The number of fused-ring (bicyclic) bond motifs is 4. The fraction of sp³-hybridized carbons (Fsp3) is 0.286. The summed E-state index contributed by atoms with van der Waals surface area (Å²) >= 11 is 0. The van der Waals surface area contributed by atoms with E-state index < -0.39 is 34.3 Å². The van der Waals surface area contributed by atoms with Crippen molar-refractivity contribution in [1.29, 1.82) is 0 Å². The van der Waals surface area contributed by atoms with Gasteiger partial charge in [-0.15, -0.1) is 0 Å². The SMILES string of the molecule is CC(=O)c1c(O)c(C)c(O)c2c1OC1=CC(=O)C(=C(C)NCC(=O)NCc3ccc4c(c3)OCO4)C(=O)[C@@]12C. The van der Waals surface area contributed by atoms with E-state index >= 15 is 0 Å². The molecule has 2 aromatic rings. The maximum absolute atomic E-state index is 13.8. The molecule has 2 aromatic carbocycles. The van der Waals surface area contributed by atoms with Crippen molar-refractivity contribution < 1.29 is 43.6 Å². The Morgan fingerprint density at radius 3 is 2.49 bits per heavy atom. The third-order valence-corrected chi connectivity index (χ3v) is 7.20. The lowest BCUT2D eigenvalue weighted by atomic mass is 9.70. The number of phenolic OH excluding ortho intramolecular Hbond substituents is 2. The maximum atomic E-state index is 13.8. The number of phenols is 2. The van der Waals surface area contributed by atoms with Gasteiger partial charge in [-0.05, 0) is 45.4 Å². The molecule has 0 fully saturated rings. The number of carbonyl (C=O) groups excluding carboxylic acids is 4. The first kappa shape index (κ1) is 25.8. The van der Waals surface area contributed by atoms with E-state index in [9.17, 15) is 29.4 Å². The first-order chi connectivity index (χ1) is 18.4. The normalized spacial score (nSPS) is 20.1. The topological polar surface area (TPSA) is 160 Å². The van der Waals surface area contributed by atoms with Crippen LogP contribution < -0.4 is 24.8 Å². The summed E-state index contributed by atoms with van der Waals surface area (Å²) in [5.74, 6) is -2.10. The molecule has 39 heavy (non-hydrogen) atoms. The van der Waals surface area contributed by atoms with Gasteiger partial charge >= 0.3 is 0 Å². The summed E-state index contributed by atoms with van der Waals surface area (Å²) in [6.07, 6.45) is 1.12. The number of amides is 1. The van der Waals surface area contributed by atoms with Crippen molar-refractivity contribution in [3.8, 4) is 28.7 Å². The highest BCUT2D eigenvalue weighted by Gasteiger charge is 2.56. The number of ether oxygens (including phenoxy) is 3. The van der Waals surface area contributed by atoms with Crippen molar-refractivity contribution in [3.63, 3.8) is 0 Å². The van der Waals surface area contributed by atoms with Gasteiger partial charge in [0.25, 0.3) is 0 Å². The van der Waals surface area contributed by atoms with Crippen molar-refractivity contribution in [2.75, 3.05) is 13.3 Å². The summed E-state index contributed by atoms with van der Waals surface area (Å²) in [6, 6.07) is 5.32. The van der Waals surface area contributed by atoms with Crippen LogP contribution >= 0.6 is 0 Å². The molecule has 11 nitrogen and oxygen atoms in total. The number of rotatable bonds is 6. The molecule has 1 amide bonds. The van der Waals surface area contributed by atoms with Crippen LogP contribution in [0.2, 0.25) is 0 Å². The average molecular weight is 535 g/mol. The Balaban J connectivity index is 1.37. The number of ketones is 3. The first-order valence-corrected chi connectivity index (χ1v) is 12.1. The summed E-state index contributed by atoms with van der Waals surface area (Å²) < 4.78 is 16.4. The van der Waals surface area contributed by atoms with Crippen LogP contribution in [0.5, 0.6) is 28.7 Å². The van der Waals surface area contributed by atoms with E-state index in [1.165, 1.54) is 27.7 Å². The molecule has 202 valence electrons. The average Bonchev–Trinajstić information content (AvgIpc) is 3.47. The molecule has 0 aromatic heterocycles. The van der Waals surface area contributed by atoms with Gasteiger partial charge in [0.05, 0.1) is 17.7 Å². The molecule has 1 aliphatic carbocycles. The molecule has 0 radical (unpaired) electrons. The van der Waals surface area contributed by atoms with E-state index in [1.54, 1.807) is 18.2 Å². The quantitative estimate of drug-likeness (QED) is 0.246. The third kappa shape index (κ3) is 3.97. The second-order valence-electron chi connectivity index (χ2n) is 9.70. The van der Waals surface area contributed by atoms with Crippen LogP contribution in [0.1, 0.15) is 47.8 Å². The zero-order valence-electron chi connectivity index (χ0n) is 21.7. The number of hydrogen-bond acceptors (Lipinski definition) is 10. The Kier molecular flexibility index (Phi) is 6.09. The maximum Gasteiger partial charge on any atom is 0.239 e. The largest absolute Gasteiger partial charge is 0.507 e. The number of benzene rings is 2. The van der Waals surface area contributed by atoms with Gasteiger partial charge < -0.3 is 35.1 Å². The van der Waals surface area contributed by atoms with Crippen molar-refractivity contribution in [2.45, 2.75) is 39.7 Å². The first-order valence-electron chi connectivity index (χ1n) is 12.1. The minimum Gasteiger partial charge on any atom is -0.507 e. The van der Waals surface area contributed by atoms with E-state index in [2.05, 4.69) is 10.6 Å². The Labute approximate surface area is 223 Å². The number of nitrogens with one attached hydrogen (secondary N) is 2. The molecule has 1 atom stereocenters. The van der Waals surface area contributed by atoms with Gasteiger partial charge in [0, 0.05) is 23.9 Å². The summed E-state index contributed by atoms with van der Waals surface area (Å²) in [4.78, 5) is 51.6. The highest BCUT2D eigenvalue weighted by molar-refractivity contribution is 6.31. The van der Waals surface area contributed by atoms with E-state index in [1.807, 2.05) is 0 Å². The predicted octanol–water partition coefficient (Wildman–Crippen LogP) is 2.20. The number of aromatic hydroxyl groups is 2. The highest BCUT2D eigenvalue weighted by atomic mass is 16.7. The summed E-state index contributed by atoms with van der Waals surface area (Å²) in [5.41, 5.74) is -1.05. The van der Waals surface area contributed by atoms with E-state index in [0.717, 1.165) is 11.6 Å². The Bertz CT molecular complexity index is 1550. The zero-order valence-corrected chi connectivity index (χ0v) is 21.7. The van der Waals surface area contributed by atoms with Gasteiger partial charge in [0.2, 0.25) is 12.7 Å². The van der Waals surface area contributed by atoms with Gasteiger partial charge in [-0.3, -0.25) is 19.2 Å². The minimum absolute atomic E-state index is 0.00137. The molecule has 11 heteroatoms. The standard InChI is InChI=1S/C28H26N2O9/c1-12-24(34)22(14(3)31)26-23(25(12)35)28(4)19(39-26)8-16(32)21(27(28)36)13(2)29-10-20(33)30-9-15-5-6-17-18(7-15)38-11-37-17/h5-8,29,34-35H,9-11H2,1-4H3,(H,30,33)/t28-/m0/s1. The van der Waals surface area contributed by atoms with E-state index in [-0.39, 0.29) is 65.3 Å². The summed E-state index contributed by atoms with van der Waals surface area (Å²) in [6.45, 7) is 5.77. The molecular formula is C28H26N2O9. The fourth-order valence-corrected chi connectivity index (χ4v) is 4.98. The molecule has 0 spiro atoms. The lowest BCUT2D eigenvalue weighted by Crippen LogP contribution is -2.42. The number of hydrogen-bond donors (Lipinski definition) is 4. The fourth-order valence-electron chi connectivity index (χ4n) is 4.98. The van der Waals surface area contributed by atoms with Crippen molar-refractivity contribution >= 4 is 23.3 Å². The summed E-state index contributed by atoms with van der Waals surface area (Å²) in [5, 5.41) is 26.9. The van der Waals surface area contributed by atoms with Gasteiger partial charge in [-0.1, -0.05) is 6.07 Å². The Morgan fingerprint density at radius 1 is 1.05 bits per heavy atom. The van der Waals surface area contributed by atoms with Crippen molar-refractivity contribution in [2.24, 2.45) is 0 Å². The van der Waals surface area contributed by atoms with Crippen LogP contribution in [0.15, 0.2) is 41.3 Å². The molecular weight excluding hydrogens is 508 g/mol. The van der Waals surface area contributed by atoms with Gasteiger partial charge in [-0.25, -0.2) is 0 Å². The van der Waals surface area contributed by atoms with Crippen LogP contribution in [-0.4, -0.2) is 46.8 Å². The lowest BCUT2D eigenvalue weighted by molar-refractivity contribution is -0.124. The van der Waals surface area contributed by atoms with Crippen LogP contribution in [0.3, 0.4) is 0 Å². The Hall–Kier alpha value is -4.80. The molecule has 5 rings (SSSR count). The van der Waals surface area contributed by atoms with E-state index in [4.69, 9.17) is 14.2 Å². The third-order valence-electron chi connectivity index (χ3n) is 7.20. The molecule has 0 saturated carbocycles. The smallest absolute Gasteiger partial charge is 0.239 e. The van der Waals surface area contributed by atoms with Gasteiger partial charge in [-0.2, -0.15) is 0 Å². The zero-order chi connectivity index (χ0) is 28.2. The minimum atomic E-state index is -1.63. The van der Waals surface area contributed by atoms with Crippen LogP contribution in [0.4, 0.5) is 0 Å². The molecule has 0 bridgehead atoms. The molecule has 0 saturated heterocycles. The van der Waals surface area contributed by atoms with Crippen molar-refractivity contribution in [1.82, 2.24) is 10.6 Å². The van der Waals surface area contributed by atoms with Gasteiger partial charge in [0.15, 0.2) is 28.8 Å². The second kappa shape index (κ2) is 9.19. The number of Topliss-reactive ketones (excluding diaryl/α,β-unsaturated/α-hetero) is 2. The molecule has 2 aliphatic heterocycles. The summed E-state index contributed by atoms with van der Waals surface area (Å²) in [7, 11) is 0. The van der Waals surface area contributed by atoms with Crippen LogP contribution in [-0.2, 0) is 26.3 Å². The molecule has 3 aliphatic rings. The van der Waals surface area contributed by atoms with Gasteiger partial charge in [0.1, 0.15) is 34.0 Å². The number of carbonyl (C=O) groups is 4. The number of allylic oxidation sites excluding steroid dienone is 4. The van der Waals surface area contributed by atoms with Crippen LogP contribution in [0.25, 0.3) is 0 Å². The van der Waals surface area contributed by atoms with E-state index in [0.29, 0.717) is 11.5 Å². The van der Waals surface area contributed by atoms with Crippen molar-refractivity contribution in [3.05, 3.63) is 63.6 Å². The molecule has 4 N–H and O–H groups in total. The Morgan fingerprint density at radius 2 is 1.77 bits per heavy atom.